The Kier molecular flexibility index (Phi) is 6.14. The molecule has 0 heterocycles. The van der Waals surface area contributed by atoms with Crippen molar-refractivity contribution in [1.29, 1.82) is 0 Å². The van der Waals surface area contributed by atoms with Gasteiger partial charge in [0, 0.05) is 6.42 Å². The van der Waals surface area contributed by atoms with Crippen LogP contribution in [0.2, 0.25) is 0 Å². The van der Waals surface area contributed by atoms with Gasteiger partial charge in [0.05, 0.1) is 10.6 Å². The van der Waals surface area contributed by atoms with Gasteiger partial charge in [-0.3, -0.25) is 10.2 Å². The third kappa shape index (κ3) is 7.14. The van der Waals surface area contributed by atoms with Crippen molar-refractivity contribution < 1.29 is 22.7 Å². The van der Waals surface area contributed by atoms with E-state index in [4.69, 9.17) is 4.74 Å². The quantitative estimate of drug-likeness (QED) is 0.811. The van der Waals surface area contributed by atoms with Crippen LogP contribution < -0.4 is 10.9 Å². The predicted octanol–water partition coefficient (Wildman–Crippen LogP) is 1.71. The Bertz CT molecular complexity index is 660. The molecule has 0 saturated heterocycles. The monoisotopic (exact) mass is 342 g/mol. The maximum atomic E-state index is 12.1. The van der Waals surface area contributed by atoms with Crippen LogP contribution in [0.1, 0.15) is 32.8 Å². The summed E-state index contributed by atoms with van der Waals surface area (Å²) in [6.07, 6.45) is -1.08. The van der Waals surface area contributed by atoms with Gasteiger partial charge in [0.1, 0.15) is 5.60 Å². The summed E-state index contributed by atoms with van der Waals surface area (Å²) in [6, 6.07) is 6.39. The summed E-state index contributed by atoms with van der Waals surface area (Å²) in [6.45, 7) is 6.90. The Morgan fingerprint density at radius 1 is 1.09 bits per heavy atom. The second-order valence-electron chi connectivity index (χ2n) is 6.06. The molecule has 0 saturated carbocycles. The van der Waals surface area contributed by atoms with Crippen LogP contribution in [0.15, 0.2) is 29.2 Å². The highest BCUT2D eigenvalue weighted by atomic mass is 32.2. The molecule has 0 bridgehead atoms. The molecule has 1 rings (SSSR count). The normalized spacial score (nSPS) is 11.7. The van der Waals surface area contributed by atoms with Crippen molar-refractivity contribution in [2.24, 2.45) is 0 Å². The summed E-state index contributed by atoms with van der Waals surface area (Å²) in [5.74, 6) is -0.968. The fourth-order valence-corrected chi connectivity index (χ4v) is 2.82. The molecule has 2 N–H and O–H groups in total. The lowest BCUT2D eigenvalue weighted by Crippen LogP contribution is -2.44. The van der Waals surface area contributed by atoms with Crippen LogP contribution in [0.5, 0.6) is 0 Å². The van der Waals surface area contributed by atoms with Gasteiger partial charge < -0.3 is 4.74 Å². The van der Waals surface area contributed by atoms with E-state index in [1.807, 2.05) is 6.92 Å². The number of benzene rings is 1. The van der Waals surface area contributed by atoms with Crippen LogP contribution in [0.3, 0.4) is 0 Å². The highest BCUT2D eigenvalue weighted by Gasteiger charge is 2.18. The first-order chi connectivity index (χ1) is 10.5. The topological polar surface area (TPSA) is 102 Å². The molecule has 0 aliphatic rings. The van der Waals surface area contributed by atoms with Crippen molar-refractivity contribution in [3.8, 4) is 0 Å². The average Bonchev–Trinajstić information content (AvgIpc) is 2.41. The van der Waals surface area contributed by atoms with Crippen LogP contribution in [0.4, 0.5) is 4.79 Å². The van der Waals surface area contributed by atoms with E-state index >= 15 is 0 Å². The maximum Gasteiger partial charge on any atom is 0.426 e. The smallest absolute Gasteiger partial charge is 0.426 e. The van der Waals surface area contributed by atoms with E-state index in [1.54, 1.807) is 32.9 Å². The minimum atomic E-state index is -3.54. The summed E-state index contributed by atoms with van der Waals surface area (Å²) in [5, 5.41) is 0. The molecule has 1 aromatic carbocycles. The largest absolute Gasteiger partial charge is 0.443 e. The third-order valence-corrected chi connectivity index (χ3v) is 4.41. The number of hydrogen-bond acceptors (Lipinski definition) is 5. The van der Waals surface area contributed by atoms with Crippen LogP contribution in [-0.4, -0.2) is 31.8 Å². The molecular formula is C15H22N2O5S. The number of ether oxygens (including phenoxy) is 1. The zero-order valence-corrected chi connectivity index (χ0v) is 14.5. The van der Waals surface area contributed by atoms with Crippen molar-refractivity contribution in [1.82, 2.24) is 10.9 Å². The number of hydrazine groups is 1. The number of carbonyl (C=O) groups is 2. The van der Waals surface area contributed by atoms with Gasteiger partial charge in [-0.15, -0.1) is 0 Å². The third-order valence-electron chi connectivity index (χ3n) is 2.68. The molecule has 23 heavy (non-hydrogen) atoms. The fraction of sp³-hybridized carbons (Fsp3) is 0.467. The Balaban J connectivity index is 2.46. The van der Waals surface area contributed by atoms with Crippen LogP contribution >= 0.6 is 0 Å². The van der Waals surface area contributed by atoms with Gasteiger partial charge in [-0.1, -0.05) is 17.7 Å². The van der Waals surface area contributed by atoms with Gasteiger partial charge in [0.2, 0.25) is 5.91 Å². The molecule has 8 heteroatoms. The van der Waals surface area contributed by atoms with E-state index in [1.165, 1.54) is 12.1 Å². The molecule has 0 aromatic heterocycles. The van der Waals surface area contributed by atoms with Crippen LogP contribution in [0.25, 0.3) is 0 Å². The van der Waals surface area contributed by atoms with E-state index in [9.17, 15) is 18.0 Å². The Labute approximate surface area is 136 Å². The predicted molar refractivity (Wildman–Crippen MR) is 85.4 cm³/mol. The standard InChI is InChI=1S/C15H22N2O5S/c1-11-5-7-12(8-6-11)23(20,21)10-9-13(18)16-17-14(19)22-15(2,3)4/h5-8H,9-10H2,1-4H3,(H,16,18)(H,17,19). The number of rotatable bonds is 4. The van der Waals surface area contributed by atoms with E-state index in [0.717, 1.165) is 5.56 Å². The van der Waals surface area contributed by atoms with Crippen LogP contribution in [0, 0.1) is 6.92 Å². The number of hydrogen-bond donors (Lipinski definition) is 2. The summed E-state index contributed by atoms with van der Waals surface area (Å²) < 4.78 is 29.1. The molecule has 0 spiro atoms. The van der Waals surface area contributed by atoms with Crippen molar-refractivity contribution in [2.75, 3.05) is 5.75 Å². The number of amides is 2. The van der Waals surface area contributed by atoms with Gasteiger partial charge in [-0.25, -0.2) is 18.6 Å². The molecule has 2 amide bonds. The lowest BCUT2D eigenvalue weighted by atomic mass is 10.2. The van der Waals surface area contributed by atoms with Gasteiger partial charge in [-0.2, -0.15) is 0 Å². The van der Waals surface area contributed by atoms with Gasteiger partial charge in [0.15, 0.2) is 9.84 Å². The second-order valence-corrected chi connectivity index (χ2v) is 8.17. The Morgan fingerprint density at radius 2 is 1.65 bits per heavy atom. The molecule has 0 unspecified atom stereocenters. The summed E-state index contributed by atoms with van der Waals surface area (Å²) >= 11 is 0. The minimum absolute atomic E-state index is 0.163. The molecule has 0 aliphatic carbocycles. The van der Waals surface area contributed by atoms with Crippen molar-refractivity contribution in [3.63, 3.8) is 0 Å². The van der Waals surface area contributed by atoms with Gasteiger partial charge in [-0.05, 0) is 39.8 Å². The second kappa shape index (κ2) is 7.45. The molecule has 0 fully saturated rings. The number of nitrogens with one attached hydrogen (secondary N) is 2. The molecule has 128 valence electrons. The lowest BCUT2D eigenvalue weighted by Gasteiger charge is -2.19. The van der Waals surface area contributed by atoms with Crippen LogP contribution in [-0.2, 0) is 19.4 Å². The van der Waals surface area contributed by atoms with Crippen molar-refractivity contribution >= 4 is 21.8 Å². The van der Waals surface area contributed by atoms with E-state index in [0.29, 0.717) is 0 Å². The fourth-order valence-electron chi connectivity index (χ4n) is 1.58. The number of carbonyl (C=O) groups excluding carboxylic acids is 2. The molecule has 0 atom stereocenters. The Hall–Kier alpha value is -2.09. The first-order valence-corrected chi connectivity index (χ1v) is 8.72. The number of aryl methyl sites for hydroxylation is 1. The molecule has 0 radical (unpaired) electrons. The maximum absolute atomic E-state index is 12.1. The molecule has 1 aromatic rings. The highest BCUT2D eigenvalue weighted by molar-refractivity contribution is 7.91. The first kappa shape index (κ1) is 19.0. The minimum Gasteiger partial charge on any atom is -0.443 e. The van der Waals surface area contributed by atoms with E-state index in [-0.39, 0.29) is 17.1 Å². The lowest BCUT2D eigenvalue weighted by molar-refractivity contribution is -0.121. The molecular weight excluding hydrogens is 320 g/mol. The van der Waals surface area contributed by atoms with E-state index < -0.39 is 27.4 Å². The molecule has 0 aliphatic heterocycles. The van der Waals surface area contributed by atoms with Crippen molar-refractivity contribution in [3.05, 3.63) is 29.8 Å². The molecule has 7 nitrogen and oxygen atoms in total. The first-order valence-electron chi connectivity index (χ1n) is 7.07. The zero-order valence-electron chi connectivity index (χ0n) is 13.7. The number of sulfone groups is 1. The Morgan fingerprint density at radius 3 is 2.17 bits per heavy atom. The van der Waals surface area contributed by atoms with Gasteiger partial charge in [0.25, 0.3) is 0 Å². The SMILES string of the molecule is Cc1ccc(S(=O)(=O)CCC(=O)NNC(=O)OC(C)(C)C)cc1. The highest BCUT2D eigenvalue weighted by Crippen LogP contribution is 2.13. The van der Waals surface area contributed by atoms with Crippen molar-refractivity contribution in [2.45, 2.75) is 44.6 Å². The van der Waals surface area contributed by atoms with E-state index in [2.05, 4.69) is 10.9 Å². The summed E-state index contributed by atoms with van der Waals surface area (Å²) in [7, 11) is -3.54. The average molecular weight is 342 g/mol. The summed E-state index contributed by atoms with van der Waals surface area (Å²) in [4.78, 5) is 23.1. The van der Waals surface area contributed by atoms with Gasteiger partial charge >= 0.3 is 6.09 Å². The zero-order chi connectivity index (χ0) is 17.7. The summed E-state index contributed by atoms with van der Waals surface area (Å²) in [5.41, 5.74) is 4.43.